The first-order valence-corrected chi connectivity index (χ1v) is 8.57. The van der Waals surface area contributed by atoms with E-state index in [2.05, 4.69) is 57.1 Å². The molecule has 0 aliphatic carbocycles. The Labute approximate surface area is 147 Å². The summed E-state index contributed by atoms with van der Waals surface area (Å²) in [4.78, 5) is 0. The highest BCUT2D eigenvalue weighted by molar-refractivity contribution is 9.10. The van der Waals surface area contributed by atoms with Crippen LogP contribution in [0.1, 0.15) is 19.4 Å². The normalized spacial score (nSPS) is 11.0. The third-order valence-electron chi connectivity index (χ3n) is 2.84. The molecule has 0 saturated heterocycles. The second-order valence-electron chi connectivity index (χ2n) is 4.96. The lowest BCUT2D eigenvalue weighted by molar-refractivity contribution is 0.469. The molecule has 2 nitrogen and oxygen atoms in total. The van der Waals surface area contributed by atoms with Crippen LogP contribution in [0.2, 0.25) is 5.02 Å². The molecule has 2 aromatic rings. The van der Waals surface area contributed by atoms with E-state index in [1.54, 1.807) is 0 Å². The molecule has 0 amide bonds. The number of rotatable bonds is 5. The van der Waals surface area contributed by atoms with E-state index in [9.17, 15) is 0 Å². The summed E-state index contributed by atoms with van der Waals surface area (Å²) in [5.74, 6) is 1.45. The number of benzene rings is 2. The quantitative estimate of drug-likeness (QED) is 0.610. The van der Waals surface area contributed by atoms with Crippen LogP contribution < -0.4 is 10.1 Å². The van der Waals surface area contributed by atoms with Crippen LogP contribution in [-0.2, 0) is 6.54 Å². The monoisotopic (exact) mass is 431 g/mol. The number of nitrogens with one attached hydrogen (secondary N) is 1. The largest absolute Gasteiger partial charge is 0.455 e. The van der Waals surface area contributed by atoms with Crippen molar-refractivity contribution in [1.29, 1.82) is 0 Å². The SMILES string of the molecule is CC(C)NCc1cc(Br)ccc1Oc1ccc(Br)cc1Cl. The Morgan fingerprint density at radius 1 is 1.05 bits per heavy atom. The smallest absolute Gasteiger partial charge is 0.146 e. The van der Waals surface area contributed by atoms with Gasteiger partial charge in [0.15, 0.2) is 0 Å². The first kappa shape index (κ1) is 16.8. The minimum Gasteiger partial charge on any atom is -0.455 e. The van der Waals surface area contributed by atoms with Gasteiger partial charge in [-0.3, -0.25) is 0 Å². The van der Waals surface area contributed by atoms with Gasteiger partial charge in [-0.25, -0.2) is 0 Å². The molecule has 112 valence electrons. The molecule has 0 radical (unpaired) electrons. The number of halogens is 3. The average Bonchev–Trinajstić information content (AvgIpc) is 2.41. The van der Waals surface area contributed by atoms with E-state index in [1.807, 2.05) is 30.3 Å². The van der Waals surface area contributed by atoms with E-state index in [0.717, 1.165) is 26.8 Å². The van der Waals surface area contributed by atoms with Crippen molar-refractivity contribution in [1.82, 2.24) is 5.32 Å². The predicted octanol–water partition coefficient (Wildman–Crippen LogP) is 6.16. The van der Waals surface area contributed by atoms with Crippen LogP contribution in [0.25, 0.3) is 0 Å². The molecule has 2 rings (SSSR count). The fourth-order valence-corrected chi connectivity index (χ4v) is 2.90. The van der Waals surface area contributed by atoms with Gasteiger partial charge in [-0.2, -0.15) is 0 Å². The topological polar surface area (TPSA) is 21.3 Å². The van der Waals surface area contributed by atoms with Crippen molar-refractivity contribution in [2.75, 3.05) is 0 Å². The Hall–Kier alpha value is -0.550. The zero-order valence-electron chi connectivity index (χ0n) is 11.8. The summed E-state index contributed by atoms with van der Waals surface area (Å²) < 4.78 is 7.92. The molecule has 1 N–H and O–H groups in total. The molecule has 5 heteroatoms. The highest BCUT2D eigenvalue weighted by Gasteiger charge is 2.09. The van der Waals surface area contributed by atoms with Gasteiger partial charge >= 0.3 is 0 Å². The third-order valence-corrected chi connectivity index (χ3v) is 4.12. The van der Waals surface area contributed by atoms with Gasteiger partial charge in [-0.15, -0.1) is 0 Å². The van der Waals surface area contributed by atoms with Gasteiger partial charge in [0.05, 0.1) is 5.02 Å². The summed E-state index contributed by atoms with van der Waals surface area (Å²) in [6.07, 6.45) is 0. The molecule has 0 spiro atoms. The van der Waals surface area contributed by atoms with E-state index in [4.69, 9.17) is 16.3 Å². The van der Waals surface area contributed by atoms with Gasteiger partial charge in [-0.1, -0.05) is 57.3 Å². The molecule has 0 fully saturated rings. The Kier molecular flexibility index (Phi) is 6.11. The highest BCUT2D eigenvalue weighted by atomic mass is 79.9. The van der Waals surface area contributed by atoms with Crippen LogP contribution in [0.15, 0.2) is 45.3 Å². The Morgan fingerprint density at radius 3 is 2.29 bits per heavy atom. The maximum absolute atomic E-state index is 6.21. The van der Waals surface area contributed by atoms with Gasteiger partial charge in [-0.05, 0) is 36.4 Å². The first-order valence-electron chi connectivity index (χ1n) is 6.60. The lowest BCUT2D eigenvalue weighted by Crippen LogP contribution is -2.22. The number of ether oxygens (including phenoxy) is 1. The molecule has 0 unspecified atom stereocenters. The summed E-state index contributed by atoms with van der Waals surface area (Å²) in [6, 6.07) is 12.0. The molecule has 0 atom stereocenters. The summed E-state index contributed by atoms with van der Waals surface area (Å²) >= 11 is 13.1. The van der Waals surface area contributed by atoms with Crippen LogP contribution in [-0.4, -0.2) is 6.04 Å². The lowest BCUT2D eigenvalue weighted by Gasteiger charge is -2.15. The summed E-state index contributed by atoms with van der Waals surface area (Å²) in [5.41, 5.74) is 1.08. The maximum Gasteiger partial charge on any atom is 0.146 e. The van der Waals surface area contributed by atoms with Gasteiger partial charge < -0.3 is 10.1 Å². The van der Waals surface area contributed by atoms with Crippen LogP contribution in [0, 0.1) is 0 Å². The summed E-state index contributed by atoms with van der Waals surface area (Å²) in [6.45, 7) is 4.97. The van der Waals surface area contributed by atoms with Gasteiger partial charge in [0.1, 0.15) is 11.5 Å². The van der Waals surface area contributed by atoms with Crippen LogP contribution in [0.4, 0.5) is 0 Å². The van der Waals surface area contributed by atoms with Crippen molar-refractivity contribution in [2.24, 2.45) is 0 Å². The van der Waals surface area contributed by atoms with Crippen molar-refractivity contribution in [2.45, 2.75) is 26.4 Å². The second kappa shape index (κ2) is 7.63. The lowest BCUT2D eigenvalue weighted by atomic mass is 10.2. The Bertz CT molecular complexity index is 632. The fourth-order valence-electron chi connectivity index (χ4n) is 1.78. The molecule has 0 bridgehead atoms. The number of hydrogen-bond donors (Lipinski definition) is 1. The van der Waals surface area contributed by atoms with Gasteiger partial charge in [0, 0.05) is 27.1 Å². The number of hydrogen-bond acceptors (Lipinski definition) is 2. The molecular weight excluding hydrogens is 417 g/mol. The van der Waals surface area contributed by atoms with E-state index in [0.29, 0.717) is 16.8 Å². The van der Waals surface area contributed by atoms with Crippen LogP contribution in [0.3, 0.4) is 0 Å². The Balaban J connectivity index is 2.26. The van der Waals surface area contributed by atoms with Crippen LogP contribution >= 0.6 is 43.5 Å². The van der Waals surface area contributed by atoms with Gasteiger partial charge in [0.2, 0.25) is 0 Å². The maximum atomic E-state index is 6.21. The van der Waals surface area contributed by atoms with E-state index < -0.39 is 0 Å². The van der Waals surface area contributed by atoms with E-state index in [-0.39, 0.29) is 0 Å². The van der Waals surface area contributed by atoms with Crippen molar-refractivity contribution in [3.8, 4) is 11.5 Å². The summed E-state index contributed by atoms with van der Waals surface area (Å²) in [5, 5.41) is 3.98. The molecule has 0 saturated carbocycles. The molecular formula is C16H16Br2ClNO. The minimum absolute atomic E-state index is 0.410. The van der Waals surface area contributed by atoms with Gasteiger partial charge in [0.25, 0.3) is 0 Å². The molecule has 0 heterocycles. The fraction of sp³-hybridized carbons (Fsp3) is 0.250. The zero-order valence-corrected chi connectivity index (χ0v) is 15.7. The third kappa shape index (κ3) is 4.99. The first-order chi connectivity index (χ1) is 9.95. The second-order valence-corrected chi connectivity index (χ2v) is 7.20. The average molecular weight is 434 g/mol. The minimum atomic E-state index is 0.410. The zero-order chi connectivity index (χ0) is 15.4. The van der Waals surface area contributed by atoms with Crippen molar-refractivity contribution >= 4 is 43.5 Å². The van der Waals surface area contributed by atoms with E-state index in [1.165, 1.54) is 0 Å². The van der Waals surface area contributed by atoms with Crippen LogP contribution in [0.5, 0.6) is 11.5 Å². The molecule has 0 aliphatic rings. The Morgan fingerprint density at radius 2 is 1.67 bits per heavy atom. The molecule has 0 aromatic heterocycles. The molecule has 0 aliphatic heterocycles. The summed E-state index contributed by atoms with van der Waals surface area (Å²) in [7, 11) is 0. The molecule has 21 heavy (non-hydrogen) atoms. The van der Waals surface area contributed by atoms with E-state index >= 15 is 0 Å². The predicted molar refractivity (Wildman–Crippen MR) is 95.3 cm³/mol. The highest BCUT2D eigenvalue weighted by Crippen LogP contribution is 2.34. The van der Waals surface area contributed by atoms with Crippen molar-refractivity contribution < 1.29 is 4.74 Å². The van der Waals surface area contributed by atoms with Crippen molar-refractivity contribution in [3.05, 3.63) is 55.9 Å². The van der Waals surface area contributed by atoms with Crippen molar-refractivity contribution in [3.63, 3.8) is 0 Å². The molecule has 2 aromatic carbocycles. The standard InChI is InChI=1S/C16H16Br2ClNO/c1-10(2)20-9-11-7-12(17)3-5-15(11)21-16-6-4-13(18)8-14(16)19/h3-8,10,20H,9H2,1-2H3.